The van der Waals surface area contributed by atoms with Gasteiger partial charge in [-0.2, -0.15) is 0 Å². The number of carbonyl (C=O) groups is 4. The highest BCUT2D eigenvalue weighted by Crippen LogP contribution is 2.34. The van der Waals surface area contributed by atoms with Gasteiger partial charge in [0.25, 0.3) is 6.47 Å². The monoisotopic (exact) mass is 1160 g/mol. The molecule has 11 rings (SSSR count). The van der Waals surface area contributed by atoms with Crippen molar-refractivity contribution in [2.75, 3.05) is 20.0 Å². The summed E-state index contributed by atoms with van der Waals surface area (Å²) in [5.41, 5.74) is 14.8. The van der Waals surface area contributed by atoms with Crippen LogP contribution in [0.2, 0.25) is 25.6 Å². The van der Waals surface area contributed by atoms with Crippen molar-refractivity contribution in [2.45, 2.75) is 40.5 Å². The van der Waals surface area contributed by atoms with E-state index in [9.17, 15) is 19.2 Å². The lowest BCUT2D eigenvalue weighted by atomic mass is 9.94. The zero-order valence-corrected chi connectivity index (χ0v) is 46.7. The summed E-state index contributed by atoms with van der Waals surface area (Å²) in [6, 6.07) is 12.7. The molecule has 1 aliphatic rings. The number of rotatable bonds is 4. The lowest BCUT2D eigenvalue weighted by Crippen LogP contribution is -2.17. The van der Waals surface area contributed by atoms with Gasteiger partial charge in [0.2, 0.25) is 0 Å². The van der Waals surface area contributed by atoms with Gasteiger partial charge in [0.05, 0.1) is 66.1 Å². The molecule has 0 radical (unpaired) electrons. The molecule has 0 spiro atoms. The predicted molar refractivity (Wildman–Crippen MR) is 298 cm³/mol. The van der Waals surface area contributed by atoms with Crippen molar-refractivity contribution in [1.29, 1.82) is 0 Å². The number of nitrogen functional groups attached to an aromatic ring is 1. The molecule has 23 heteroatoms. The maximum Gasteiger partial charge on any atom is 0.350 e. The fourth-order valence-corrected chi connectivity index (χ4v) is 12.6. The van der Waals surface area contributed by atoms with Gasteiger partial charge in [0, 0.05) is 17.2 Å². The highest BCUT2D eigenvalue weighted by Gasteiger charge is 2.25. The molecule has 0 fully saturated rings. The van der Waals surface area contributed by atoms with Crippen LogP contribution < -0.4 is 15.2 Å². The smallest absolute Gasteiger partial charge is 0.350 e. The molecule has 368 valence electrons. The minimum Gasteiger partial charge on any atom is -0.494 e. The second-order valence-corrected chi connectivity index (χ2v) is 22.0. The first-order valence-corrected chi connectivity index (χ1v) is 27.5. The van der Waals surface area contributed by atoms with E-state index in [-0.39, 0.29) is 24.0 Å². The van der Waals surface area contributed by atoms with E-state index in [0.29, 0.717) is 60.4 Å². The van der Waals surface area contributed by atoms with Crippen molar-refractivity contribution < 1.29 is 33.4 Å². The molecular weight excluding hydrogens is 1130 g/mol. The van der Waals surface area contributed by atoms with Crippen molar-refractivity contribution in [3.05, 3.63) is 138 Å². The number of anilines is 1. The fourth-order valence-electron chi connectivity index (χ4n) is 6.22. The number of aromatic nitrogens is 4. The number of ether oxygens (including phenoxy) is 3. The SMILES string of the molecule is COC(=O)c1scc(C)c1N.COc1csc2ccc(Cl)nc12.Cc1csc2c(Cl)cc(Cl)nc12.Cc1csc2c1CC(=O)CC2=O.Cc1csc2ccc(Cl)nc12.O=COc1csc2ccc(Cl)nc12. The van der Waals surface area contributed by atoms with Crippen molar-refractivity contribution in [3.8, 4) is 11.5 Å². The van der Waals surface area contributed by atoms with E-state index in [1.807, 2.05) is 73.5 Å². The summed E-state index contributed by atoms with van der Waals surface area (Å²) < 4.78 is 18.6. The van der Waals surface area contributed by atoms with Crippen LogP contribution >= 0.6 is 126 Å². The van der Waals surface area contributed by atoms with E-state index < -0.39 is 0 Å². The van der Waals surface area contributed by atoms with Gasteiger partial charge >= 0.3 is 5.97 Å². The Morgan fingerprint density at radius 3 is 1.69 bits per heavy atom. The van der Waals surface area contributed by atoms with Gasteiger partial charge in [-0.3, -0.25) is 14.4 Å². The second-order valence-electron chi connectivity index (χ2n) is 14.7. The molecule has 10 aromatic heterocycles. The predicted octanol–water partition coefficient (Wildman–Crippen LogP) is 15.8. The number of pyridine rings is 4. The standard InChI is InChI=1S/C9H8O2S.C8H5Cl2NS.C8H4ClNO2S.C8H6ClNOS.C8H6ClNS.C7H9NO2S/c1-5-4-12-9-7(5)2-6(10)3-8(9)11;1-4-3-12-8-5(9)2-6(10)11-7(4)8;9-7-2-1-6-8(10-7)5(3-13-6)12-4-11;1-11-5-4-12-6-2-3-7(9)10-8(5)6;1-5-4-11-6-2-3-7(9)10-8(5)6;1-4-3-11-6(5(4)8)7(9)10-2/h4H,2-3H2,1H3;2-3H,1H3;1-4H;2-4H,1H3;2-4H,1H3;3H,8H2,1-2H3. The van der Waals surface area contributed by atoms with Crippen molar-refractivity contribution in [3.63, 3.8) is 0 Å². The van der Waals surface area contributed by atoms with Gasteiger partial charge in [0.1, 0.15) is 42.3 Å². The normalized spacial score (nSPS) is 11.4. The largest absolute Gasteiger partial charge is 0.494 e. The van der Waals surface area contributed by atoms with E-state index in [0.717, 1.165) is 63.5 Å². The number of methoxy groups -OCH3 is 2. The molecule has 0 bridgehead atoms. The molecule has 12 nitrogen and oxygen atoms in total. The van der Waals surface area contributed by atoms with Crippen LogP contribution in [0.25, 0.3) is 40.9 Å². The van der Waals surface area contributed by atoms with Crippen LogP contribution in [-0.4, -0.2) is 58.2 Å². The van der Waals surface area contributed by atoms with Crippen LogP contribution in [0.5, 0.6) is 11.5 Å². The van der Waals surface area contributed by atoms with E-state index in [1.54, 1.807) is 64.7 Å². The Balaban J connectivity index is 0.000000140. The zero-order chi connectivity index (χ0) is 51.5. The number of nitrogens with two attached hydrogens (primary N) is 1. The molecule has 0 unspecified atom stereocenters. The average molecular weight is 1170 g/mol. The first-order valence-electron chi connectivity index (χ1n) is 20.4. The Kier molecular flexibility index (Phi) is 20.1. The number of halogens is 5. The van der Waals surface area contributed by atoms with Gasteiger partial charge < -0.3 is 19.9 Å². The minimum atomic E-state index is -0.361. The maximum atomic E-state index is 11.3. The summed E-state index contributed by atoms with van der Waals surface area (Å²) in [7, 11) is 2.97. The topological polar surface area (TPSA) is 174 Å². The summed E-state index contributed by atoms with van der Waals surface area (Å²) in [5.74, 6) is 0.934. The molecule has 2 N–H and O–H groups in total. The van der Waals surface area contributed by atoms with Crippen LogP contribution in [0.4, 0.5) is 5.69 Å². The summed E-state index contributed by atoms with van der Waals surface area (Å²) in [6.07, 6.45) is 0.559. The van der Waals surface area contributed by atoms with E-state index in [2.05, 4.69) is 30.1 Å². The van der Waals surface area contributed by atoms with Crippen molar-refractivity contribution in [1.82, 2.24) is 19.9 Å². The lowest BCUT2D eigenvalue weighted by Gasteiger charge is -2.09. The van der Waals surface area contributed by atoms with Crippen molar-refractivity contribution in [2.24, 2.45) is 0 Å². The van der Waals surface area contributed by atoms with Gasteiger partial charge in [-0.1, -0.05) is 58.0 Å². The highest BCUT2D eigenvalue weighted by molar-refractivity contribution is 7.18. The Hall–Kier alpha value is -4.83. The molecule has 0 saturated heterocycles. The zero-order valence-electron chi connectivity index (χ0n) is 38.1. The van der Waals surface area contributed by atoms with Crippen LogP contribution in [-0.2, 0) is 20.7 Å². The number of thiophene rings is 6. The van der Waals surface area contributed by atoms with Gasteiger partial charge in [-0.15, -0.1) is 68.0 Å². The minimum absolute atomic E-state index is 0.000602. The molecule has 0 atom stereocenters. The van der Waals surface area contributed by atoms with Crippen LogP contribution in [0.15, 0.2) is 74.7 Å². The molecule has 0 saturated carbocycles. The van der Waals surface area contributed by atoms with Gasteiger partial charge in [-0.05, 0) is 119 Å². The summed E-state index contributed by atoms with van der Waals surface area (Å²) in [5, 5.41) is 14.1. The van der Waals surface area contributed by atoms with Gasteiger partial charge in [0.15, 0.2) is 17.3 Å². The highest BCUT2D eigenvalue weighted by atomic mass is 35.5. The Morgan fingerprint density at radius 2 is 1.11 bits per heavy atom. The van der Waals surface area contributed by atoms with Crippen molar-refractivity contribution >= 4 is 197 Å². The Labute approximate surface area is 455 Å². The molecule has 1 aliphatic carbocycles. The Bertz CT molecular complexity index is 3530. The maximum absolute atomic E-state index is 11.3. The summed E-state index contributed by atoms with van der Waals surface area (Å²) in [6.45, 7) is 8.23. The third-order valence-corrected chi connectivity index (χ3v) is 17.3. The number of aryl methyl sites for hydroxylation is 4. The summed E-state index contributed by atoms with van der Waals surface area (Å²) >= 11 is 38.0. The van der Waals surface area contributed by atoms with Gasteiger partial charge in [-0.25, -0.2) is 24.7 Å². The number of hydrogen-bond acceptors (Lipinski definition) is 18. The lowest BCUT2D eigenvalue weighted by molar-refractivity contribution is -0.120. The number of fused-ring (bicyclic) bond motifs is 5. The van der Waals surface area contributed by atoms with Crippen LogP contribution in [0.1, 0.15) is 53.6 Å². The molecule has 0 aliphatic heterocycles. The number of esters is 1. The first-order chi connectivity index (χ1) is 33.9. The number of carbonyl (C=O) groups excluding carboxylic acids is 4. The average Bonchev–Trinajstić information content (AvgIpc) is 4.22. The van der Waals surface area contributed by atoms with E-state index in [4.69, 9.17) is 73.2 Å². The molecule has 0 aromatic carbocycles. The Morgan fingerprint density at radius 1 is 0.606 bits per heavy atom. The third-order valence-electron chi connectivity index (χ3n) is 9.76. The molecule has 10 aromatic rings. The quantitative estimate of drug-likeness (QED) is 0.0766. The van der Waals surface area contributed by atoms with Crippen LogP contribution in [0.3, 0.4) is 0 Å². The molecule has 71 heavy (non-hydrogen) atoms. The van der Waals surface area contributed by atoms with Crippen LogP contribution in [0, 0.1) is 27.7 Å². The molecule has 0 amide bonds. The number of Topliss-reactive ketones (excluding diaryl/α,β-unsaturated/α-hetero) is 2. The number of hydrogen-bond donors (Lipinski definition) is 1. The fraction of sp³-hybridized carbons (Fsp3) is 0.167. The second kappa shape index (κ2) is 25.7. The number of ketones is 2. The molecule has 10 heterocycles. The number of nitrogens with zero attached hydrogens (tertiary/aromatic N) is 4. The first kappa shape index (κ1) is 55.5. The third kappa shape index (κ3) is 14.2. The summed E-state index contributed by atoms with van der Waals surface area (Å²) in [4.78, 5) is 61.3. The molecular formula is C48H38Cl5N5O7S6. The van der Waals surface area contributed by atoms with E-state index >= 15 is 0 Å². The van der Waals surface area contributed by atoms with E-state index in [1.165, 1.54) is 51.4 Å².